The highest BCUT2D eigenvalue weighted by Gasteiger charge is 2.30. The Morgan fingerprint density at radius 3 is 2.86 bits per heavy atom. The van der Waals surface area contributed by atoms with Gasteiger partial charge in [0.15, 0.2) is 9.84 Å². The maximum absolute atomic E-state index is 11.7. The van der Waals surface area contributed by atoms with Crippen LogP contribution >= 0.6 is 15.9 Å². The Labute approximate surface area is 133 Å². The molecule has 1 atom stereocenters. The van der Waals surface area contributed by atoms with Crippen LogP contribution in [0, 0.1) is 0 Å². The number of hydrogen-bond donors (Lipinski definition) is 0. The standard InChI is InChI=1S/C15H17BrN2O2S/c1-11-10-21(19,20)7-6-18(11)15-13(9-16)8-12-4-2-3-5-14(12)17-15/h2-5,8,11H,6-7,9-10H2,1H3. The van der Waals surface area contributed by atoms with E-state index in [0.29, 0.717) is 11.9 Å². The summed E-state index contributed by atoms with van der Waals surface area (Å²) in [5.74, 6) is 1.30. The van der Waals surface area contributed by atoms with Crippen LogP contribution in [-0.4, -0.2) is 37.5 Å². The molecule has 2 aromatic rings. The number of aromatic nitrogens is 1. The number of benzene rings is 1. The molecule has 4 nitrogen and oxygen atoms in total. The van der Waals surface area contributed by atoms with Gasteiger partial charge in [-0.15, -0.1) is 0 Å². The van der Waals surface area contributed by atoms with Gasteiger partial charge in [-0.2, -0.15) is 0 Å². The second kappa shape index (κ2) is 5.57. The summed E-state index contributed by atoms with van der Waals surface area (Å²) in [6.45, 7) is 2.46. The Hall–Kier alpha value is -1.14. The number of nitrogens with zero attached hydrogens (tertiary/aromatic N) is 2. The number of pyridine rings is 1. The molecule has 0 spiro atoms. The third kappa shape index (κ3) is 2.92. The van der Waals surface area contributed by atoms with E-state index in [1.165, 1.54) is 0 Å². The molecular weight excluding hydrogens is 352 g/mol. The monoisotopic (exact) mass is 368 g/mol. The predicted molar refractivity (Wildman–Crippen MR) is 89.8 cm³/mol. The van der Waals surface area contributed by atoms with Gasteiger partial charge in [-0.05, 0) is 19.1 Å². The van der Waals surface area contributed by atoms with Crippen molar-refractivity contribution in [3.63, 3.8) is 0 Å². The van der Waals surface area contributed by atoms with Gasteiger partial charge in [-0.1, -0.05) is 34.1 Å². The number of alkyl halides is 1. The summed E-state index contributed by atoms with van der Waals surface area (Å²) in [4.78, 5) is 6.88. The van der Waals surface area contributed by atoms with Gasteiger partial charge in [-0.25, -0.2) is 13.4 Å². The highest BCUT2D eigenvalue weighted by Crippen LogP contribution is 2.28. The van der Waals surface area contributed by atoms with Gasteiger partial charge in [0.1, 0.15) is 5.82 Å². The van der Waals surface area contributed by atoms with Crippen molar-refractivity contribution in [3.8, 4) is 0 Å². The third-order valence-corrected chi connectivity index (χ3v) is 6.27. The second-order valence-electron chi connectivity index (χ2n) is 5.45. The number of fused-ring (bicyclic) bond motifs is 1. The summed E-state index contributed by atoms with van der Waals surface area (Å²) in [5, 5.41) is 1.81. The minimum Gasteiger partial charge on any atom is -0.352 e. The molecule has 1 aliphatic rings. The van der Waals surface area contributed by atoms with E-state index >= 15 is 0 Å². The van der Waals surface area contributed by atoms with Gasteiger partial charge in [0.05, 0.1) is 17.0 Å². The van der Waals surface area contributed by atoms with E-state index in [1.807, 2.05) is 31.2 Å². The molecule has 1 unspecified atom stereocenters. The molecule has 3 rings (SSSR count). The van der Waals surface area contributed by atoms with Gasteiger partial charge in [0.25, 0.3) is 0 Å². The third-order valence-electron chi connectivity index (χ3n) is 3.87. The van der Waals surface area contributed by atoms with Crippen molar-refractivity contribution in [3.05, 3.63) is 35.9 Å². The van der Waals surface area contributed by atoms with Crippen LogP contribution < -0.4 is 4.90 Å². The summed E-state index contributed by atoms with van der Waals surface area (Å²) in [6.07, 6.45) is 0. The van der Waals surface area contributed by atoms with E-state index in [0.717, 1.165) is 22.3 Å². The fourth-order valence-corrected chi connectivity index (χ4v) is 4.78. The zero-order valence-corrected chi connectivity index (χ0v) is 14.2. The summed E-state index contributed by atoms with van der Waals surface area (Å²) < 4.78 is 23.5. The maximum atomic E-state index is 11.7. The summed E-state index contributed by atoms with van der Waals surface area (Å²) in [7, 11) is -2.92. The van der Waals surface area contributed by atoms with Gasteiger partial charge >= 0.3 is 0 Å². The Kier molecular flexibility index (Phi) is 3.92. The zero-order chi connectivity index (χ0) is 15.0. The van der Waals surface area contributed by atoms with Gasteiger partial charge in [-0.3, -0.25) is 0 Å². The van der Waals surface area contributed by atoms with E-state index in [9.17, 15) is 8.42 Å². The van der Waals surface area contributed by atoms with Gasteiger partial charge < -0.3 is 4.90 Å². The molecule has 0 aliphatic carbocycles. The fourth-order valence-electron chi connectivity index (χ4n) is 2.81. The lowest BCUT2D eigenvalue weighted by molar-refractivity contribution is 0.566. The lowest BCUT2D eigenvalue weighted by Crippen LogP contribution is -2.47. The van der Waals surface area contributed by atoms with E-state index < -0.39 is 9.84 Å². The molecule has 0 N–H and O–H groups in total. The summed E-state index contributed by atoms with van der Waals surface area (Å²) in [5.41, 5.74) is 2.04. The second-order valence-corrected chi connectivity index (χ2v) is 8.24. The van der Waals surface area contributed by atoms with Crippen LogP contribution in [0.1, 0.15) is 12.5 Å². The molecule has 1 fully saturated rings. The average Bonchev–Trinajstić information content (AvgIpc) is 2.45. The molecule has 1 aromatic heterocycles. The first-order chi connectivity index (χ1) is 10.00. The van der Waals surface area contributed by atoms with Gasteiger partial charge in [0, 0.05) is 28.9 Å². The van der Waals surface area contributed by atoms with E-state index in [-0.39, 0.29) is 17.5 Å². The summed E-state index contributed by atoms with van der Waals surface area (Å²) >= 11 is 3.52. The average molecular weight is 369 g/mol. The number of sulfone groups is 1. The number of anilines is 1. The van der Waals surface area contributed by atoms with Crippen molar-refractivity contribution in [1.82, 2.24) is 4.98 Å². The molecule has 1 saturated heterocycles. The lowest BCUT2D eigenvalue weighted by atomic mass is 10.1. The molecule has 0 bridgehead atoms. The van der Waals surface area contributed by atoms with Crippen molar-refractivity contribution < 1.29 is 8.42 Å². The molecule has 112 valence electrons. The molecule has 2 heterocycles. The zero-order valence-electron chi connectivity index (χ0n) is 11.8. The van der Waals surface area contributed by atoms with Crippen LogP contribution in [0.15, 0.2) is 30.3 Å². The van der Waals surface area contributed by atoms with Crippen LogP contribution in [0.2, 0.25) is 0 Å². The van der Waals surface area contributed by atoms with Crippen molar-refractivity contribution in [1.29, 1.82) is 0 Å². The number of hydrogen-bond acceptors (Lipinski definition) is 4. The normalized spacial score (nSPS) is 21.6. The SMILES string of the molecule is CC1CS(=O)(=O)CCN1c1nc2ccccc2cc1CBr. The quantitative estimate of drug-likeness (QED) is 0.764. The molecular formula is C15H17BrN2O2S. The van der Waals surface area contributed by atoms with Crippen molar-refractivity contribution in [2.24, 2.45) is 0 Å². The minimum atomic E-state index is -2.92. The number of para-hydroxylation sites is 1. The highest BCUT2D eigenvalue weighted by molar-refractivity contribution is 9.08. The van der Waals surface area contributed by atoms with Crippen LogP contribution in [0.25, 0.3) is 10.9 Å². The minimum absolute atomic E-state index is 0.0461. The molecule has 0 amide bonds. The number of halogens is 1. The van der Waals surface area contributed by atoms with Crippen LogP contribution in [-0.2, 0) is 15.2 Å². The van der Waals surface area contributed by atoms with Crippen LogP contribution in [0.5, 0.6) is 0 Å². The largest absolute Gasteiger partial charge is 0.352 e. The molecule has 21 heavy (non-hydrogen) atoms. The molecule has 6 heteroatoms. The molecule has 0 saturated carbocycles. The maximum Gasteiger partial charge on any atom is 0.154 e. The van der Waals surface area contributed by atoms with Crippen molar-refractivity contribution in [2.45, 2.75) is 18.3 Å². The lowest BCUT2D eigenvalue weighted by Gasteiger charge is -2.35. The first-order valence-electron chi connectivity index (χ1n) is 6.92. The van der Waals surface area contributed by atoms with E-state index in [4.69, 9.17) is 4.98 Å². The van der Waals surface area contributed by atoms with Crippen molar-refractivity contribution >= 4 is 42.5 Å². The first kappa shape index (κ1) is 14.8. The highest BCUT2D eigenvalue weighted by atomic mass is 79.9. The van der Waals surface area contributed by atoms with E-state index in [2.05, 4.69) is 26.9 Å². The molecule has 0 radical (unpaired) electrons. The summed E-state index contributed by atoms with van der Waals surface area (Å²) in [6, 6.07) is 10.1. The first-order valence-corrected chi connectivity index (χ1v) is 9.86. The molecule has 1 aliphatic heterocycles. The Morgan fingerprint density at radius 2 is 2.14 bits per heavy atom. The van der Waals surface area contributed by atoms with Crippen LogP contribution in [0.3, 0.4) is 0 Å². The topological polar surface area (TPSA) is 50.3 Å². The predicted octanol–water partition coefficient (Wildman–Crippen LogP) is 2.75. The van der Waals surface area contributed by atoms with Crippen molar-refractivity contribution in [2.75, 3.05) is 23.0 Å². The Balaban J connectivity index is 2.07. The fraction of sp³-hybridized carbons (Fsp3) is 0.400. The Bertz CT molecular complexity index is 776. The Morgan fingerprint density at radius 1 is 1.38 bits per heavy atom. The van der Waals surface area contributed by atoms with Crippen LogP contribution in [0.4, 0.5) is 5.82 Å². The number of rotatable bonds is 2. The smallest absolute Gasteiger partial charge is 0.154 e. The van der Waals surface area contributed by atoms with Gasteiger partial charge in [0.2, 0.25) is 0 Å². The van der Waals surface area contributed by atoms with E-state index in [1.54, 1.807) is 0 Å². The molecule has 1 aromatic carbocycles.